The SMILES string of the molecule is CCC(=O)OCC(O)COP(C)(=O)OCCN. The second-order valence-electron chi connectivity index (χ2n) is 3.38. The first kappa shape index (κ1) is 16.5. The Kier molecular flexibility index (Phi) is 8.37. The number of rotatable bonds is 9. The molecule has 0 aromatic rings. The summed E-state index contributed by atoms with van der Waals surface area (Å²) in [7, 11) is -3.20. The maximum atomic E-state index is 11.6. The molecule has 0 aromatic carbocycles. The number of ether oxygens (including phenoxy) is 1. The van der Waals surface area contributed by atoms with Gasteiger partial charge in [0.15, 0.2) is 0 Å². The Hall–Kier alpha value is -0.460. The maximum absolute atomic E-state index is 11.6. The lowest BCUT2D eigenvalue weighted by atomic mass is 10.4. The van der Waals surface area contributed by atoms with Crippen LogP contribution in [-0.2, 0) is 23.1 Å². The Morgan fingerprint density at radius 1 is 1.41 bits per heavy atom. The summed E-state index contributed by atoms with van der Waals surface area (Å²) in [6, 6.07) is 0. The predicted molar refractivity (Wildman–Crippen MR) is 61.7 cm³/mol. The minimum atomic E-state index is -3.20. The van der Waals surface area contributed by atoms with Gasteiger partial charge < -0.3 is 24.6 Å². The van der Waals surface area contributed by atoms with E-state index in [9.17, 15) is 14.5 Å². The Labute approximate surface area is 101 Å². The zero-order valence-electron chi connectivity index (χ0n) is 10.1. The molecule has 0 bridgehead atoms. The molecule has 0 radical (unpaired) electrons. The molecule has 8 heteroatoms. The average molecular weight is 269 g/mol. The van der Waals surface area contributed by atoms with Crippen LogP contribution in [-0.4, -0.2) is 50.2 Å². The summed E-state index contributed by atoms with van der Waals surface area (Å²) in [6.07, 6.45) is -0.792. The summed E-state index contributed by atoms with van der Waals surface area (Å²) in [5.74, 6) is -0.414. The molecule has 0 saturated heterocycles. The third-order valence-electron chi connectivity index (χ3n) is 1.67. The van der Waals surface area contributed by atoms with Crippen LogP contribution >= 0.6 is 7.60 Å². The first-order valence-electron chi connectivity index (χ1n) is 5.31. The number of aliphatic hydroxyl groups excluding tert-OH is 1. The highest BCUT2D eigenvalue weighted by atomic mass is 31.2. The molecule has 102 valence electrons. The van der Waals surface area contributed by atoms with Crippen molar-refractivity contribution in [3.8, 4) is 0 Å². The molecule has 7 nitrogen and oxygen atoms in total. The third kappa shape index (κ3) is 9.26. The van der Waals surface area contributed by atoms with Gasteiger partial charge in [-0.3, -0.25) is 9.36 Å². The normalized spacial score (nSPS) is 16.2. The van der Waals surface area contributed by atoms with E-state index in [4.69, 9.17) is 14.8 Å². The van der Waals surface area contributed by atoms with E-state index in [1.54, 1.807) is 6.92 Å². The fourth-order valence-corrected chi connectivity index (χ4v) is 1.77. The standard InChI is InChI=1S/C9H20NO6P/c1-3-9(12)14-6-8(11)7-16-17(2,13)15-5-4-10/h8,11H,3-7,10H2,1-2H3. The van der Waals surface area contributed by atoms with Crippen molar-refractivity contribution in [1.82, 2.24) is 0 Å². The van der Waals surface area contributed by atoms with Gasteiger partial charge in [-0.1, -0.05) is 6.92 Å². The molecule has 0 aliphatic carbocycles. The Bertz CT molecular complexity index is 272. The van der Waals surface area contributed by atoms with Crippen LogP contribution < -0.4 is 5.73 Å². The van der Waals surface area contributed by atoms with Gasteiger partial charge in [0.1, 0.15) is 12.7 Å². The molecule has 0 heterocycles. The van der Waals surface area contributed by atoms with Crippen LogP contribution in [0.5, 0.6) is 0 Å². The van der Waals surface area contributed by atoms with Crippen molar-refractivity contribution in [3.05, 3.63) is 0 Å². The Balaban J connectivity index is 3.78. The number of aliphatic hydroxyl groups is 1. The Morgan fingerprint density at radius 2 is 2.06 bits per heavy atom. The summed E-state index contributed by atoms with van der Waals surface area (Å²) in [5.41, 5.74) is 5.18. The van der Waals surface area contributed by atoms with E-state index in [0.29, 0.717) is 0 Å². The fourth-order valence-electron chi connectivity index (χ4n) is 0.817. The molecule has 0 aromatic heterocycles. The highest BCUT2D eigenvalue weighted by molar-refractivity contribution is 7.52. The summed E-state index contributed by atoms with van der Waals surface area (Å²) in [5, 5.41) is 9.38. The number of hydrogen-bond acceptors (Lipinski definition) is 7. The highest BCUT2D eigenvalue weighted by Crippen LogP contribution is 2.43. The van der Waals surface area contributed by atoms with Gasteiger partial charge in [-0.15, -0.1) is 0 Å². The monoisotopic (exact) mass is 269 g/mol. The molecule has 3 N–H and O–H groups in total. The Morgan fingerprint density at radius 3 is 2.59 bits per heavy atom. The van der Waals surface area contributed by atoms with Gasteiger partial charge in [0.25, 0.3) is 0 Å². The zero-order chi connectivity index (χ0) is 13.3. The summed E-state index contributed by atoms with van der Waals surface area (Å²) >= 11 is 0. The molecular weight excluding hydrogens is 249 g/mol. The lowest BCUT2D eigenvalue weighted by Gasteiger charge is -2.16. The third-order valence-corrected chi connectivity index (χ3v) is 2.94. The van der Waals surface area contributed by atoms with Crippen LogP contribution in [0.1, 0.15) is 13.3 Å². The van der Waals surface area contributed by atoms with Crippen molar-refractivity contribution in [2.45, 2.75) is 19.4 Å². The van der Waals surface area contributed by atoms with Crippen LogP contribution in [0.2, 0.25) is 0 Å². The zero-order valence-corrected chi connectivity index (χ0v) is 11.0. The van der Waals surface area contributed by atoms with Gasteiger partial charge in [-0.05, 0) is 0 Å². The van der Waals surface area contributed by atoms with Crippen molar-refractivity contribution >= 4 is 13.6 Å². The number of nitrogens with two attached hydrogens (primary N) is 1. The fraction of sp³-hybridized carbons (Fsp3) is 0.889. The molecule has 0 rings (SSSR count). The molecular formula is C9H20NO6P. The van der Waals surface area contributed by atoms with Crippen molar-refractivity contribution < 1.29 is 28.3 Å². The summed E-state index contributed by atoms with van der Waals surface area (Å²) in [4.78, 5) is 10.8. The molecule has 0 amide bonds. The van der Waals surface area contributed by atoms with Crippen molar-refractivity contribution in [2.24, 2.45) is 5.73 Å². The molecule has 0 aliphatic heterocycles. The summed E-state index contributed by atoms with van der Waals surface area (Å²) in [6.45, 7) is 2.87. The number of carbonyl (C=O) groups is 1. The lowest BCUT2D eigenvalue weighted by Crippen LogP contribution is -2.23. The van der Waals surface area contributed by atoms with Gasteiger partial charge in [-0.2, -0.15) is 0 Å². The topological polar surface area (TPSA) is 108 Å². The molecule has 0 saturated carbocycles. The number of esters is 1. The van der Waals surface area contributed by atoms with Crippen LogP contribution in [0.4, 0.5) is 0 Å². The second-order valence-corrected chi connectivity index (χ2v) is 5.44. The van der Waals surface area contributed by atoms with E-state index in [0.717, 1.165) is 0 Å². The van der Waals surface area contributed by atoms with Crippen LogP contribution in [0, 0.1) is 0 Å². The molecule has 2 unspecified atom stereocenters. The van der Waals surface area contributed by atoms with Gasteiger partial charge in [-0.25, -0.2) is 0 Å². The van der Waals surface area contributed by atoms with Gasteiger partial charge in [0, 0.05) is 19.6 Å². The quantitative estimate of drug-likeness (QED) is 0.452. The van der Waals surface area contributed by atoms with Gasteiger partial charge in [0.05, 0.1) is 13.2 Å². The van der Waals surface area contributed by atoms with Crippen LogP contribution in [0.3, 0.4) is 0 Å². The van der Waals surface area contributed by atoms with Crippen molar-refractivity contribution in [1.29, 1.82) is 0 Å². The first-order chi connectivity index (χ1) is 7.91. The van der Waals surface area contributed by atoms with Crippen molar-refractivity contribution in [2.75, 3.05) is 33.0 Å². The molecule has 0 spiro atoms. The number of carbonyl (C=O) groups excluding carboxylic acids is 1. The molecule has 0 fully saturated rings. The van der Waals surface area contributed by atoms with E-state index in [1.165, 1.54) is 6.66 Å². The smallest absolute Gasteiger partial charge is 0.327 e. The molecule has 0 aliphatic rings. The molecule has 17 heavy (non-hydrogen) atoms. The van der Waals surface area contributed by atoms with Crippen LogP contribution in [0.25, 0.3) is 0 Å². The second kappa shape index (κ2) is 8.60. The van der Waals surface area contributed by atoms with E-state index in [2.05, 4.69) is 4.74 Å². The van der Waals surface area contributed by atoms with E-state index in [-0.39, 0.29) is 32.8 Å². The van der Waals surface area contributed by atoms with Crippen molar-refractivity contribution in [3.63, 3.8) is 0 Å². The van der Waals surface area contributed by atoms with Gasteiger partial charge in [0.2, 0.25) is 0 Å². The number of hydrogen-bond donors (Lipinski definition) is 2. The molecule has 2 atom stereocenters. The highest BCUT2D eigenvalue weighted by Gasteiger charge is 2.19. The van der Waals surface area contributed by atoms with Crippen LogP contribution in [0.15, 0.2) is 0 Å². The predicted octanol–water partition coefficient (Wildman–Crippen LogP) is 0.115. The first-order valence-corrected chi connectivity index (χ1v) is 7.30. The van der Waals surface area contributed by atoms with Gasteiger partial charge >= 0.3 is 13.6 Å². The average Bonchev–Trinajstić information content (AvgIpc) is 2.31. The minimum absolute atomic E-state index is 0.120. The largest absolute Gasteiger partial charge is 0.463 e. The minimum Gasteiger partial charge on any atom is -0.463 e. The van der Waals surface area contributed by atoms with E-state index >= 15 is 0 Å². The maximum Gasteiger partial charge on any atom is 0.327 e. The summed E-state index contributed by atoms with van der Waals surface area (Å²) < 4.78 is 26.0. The lowest BCUT2D eigenvalue weighted by molar-refractivity contribution is -0.146. The van der Waals surface area contributed by atoms with E-state index < -0.39 is 19.7 Å². The van der Waals surface area contributed by atoms with E-state index in [1.807, 2.05) is 0 Å².